The van der Waals surface area contributed by atoms with Gasteiger partial charge in [-0.05, 0) is 51.6 Å². The van der Waals surface area contributed by atoms with Crippen molar-refractivity contribution in [2.24, 2.45) is 5.73 Å². The number of rotatable bonds is 6. The van der Waals surface area contributed by atoms with Crippen LogP contribution < -0.4 is 5.73 Å². The van der Waals surface area contributed by atoms with E-state index in [0.717, 1.165) is 38.6 Å². The van der Waals surface area contributed by atoms with Crippen molar-refractivity contribution in [2.45, 2.75) is 70.1 Å². The second-order valence-electron chi connectivity index (χ2n) is 5.32. The minimum absolute atomic E-state index is 0.214. The van der Waals surface area contributed by atoms with Crippen molar-refractivity contribution >= 4 is 0 Å². The Labute approximate surface area is 108 Å². The quantitative estimate of drug-likeness (QED) is 0.799. The zero-order valence-electron chi connectivity index (χ0n) is 11.2. The third kappa shape index (κ3) is 6.05. The van der Waals surface area contributed by atoms with Crippen LogP contribution in [0.15, 0.2) is 0 Å². The second kappa shape index (κ2) is 7.34. The van der Waals surface area contributed by atoms with E-state index in [1.807, 2.05) is 0 Å². The molecule has 0 aromatic carbocycles. The maximum atomic E-state index is 12.2. The molecule has 5 heteroatoms. The first kappa shape index (κ1) is 15.8. The highest BCUT2D eigenvalue weighted by molar-refractivity contribution is 4.81. The van der Waals surface area contributed by atoms with Gasteiger partial charge in [0.05, 0.1) is 0 Å². The molecule has 0 unspecified atom stereocenters. The molecule has 1 aliphatic carbocycles. The topological polar surface area (TPSA) is 29.3 Å². The molecule has 0 bridgehead atoms. The van der Waals surface area contributed by atoms with Gasteiger partial charge >= 0.3 is 6.18 Å². The molecule has 1 rings (SSSR count). The molecule has 0 radical (unpaired) electrons. The number of hydrogen-bond acceptors (Lipinski definition) is 2. The van der Waals surface area contributed by atoms with Gasteiger partial charge in [0.2, 0.25) is 0 Å². The van der Waals surface area contributed by atoms with E-state index < -0.39 is 12.6 Å². The summed E-state index contributed by atoms with van der Waals surface area (Å²) in [5, 5.41) is 0. The maximum absolute atomic E-state index is 12.2. The highest BCUT2D eigenvalue weighted by atomic mass is 19.4. The van der Waals surface area contributed by atoms with Crippen molar-refractivity contribution in [3.8, 4) is 0 Å². The van der Waals surface area contributed by atoms with Crippen molar-refractivity contribution in [3.05, 3.63) is 0 Å². The first-order valence-electron chi connectivity index (χ1n) is 6.98. The Bertz CT molecular complexity index is 223. The lowest BCUT2D eigenvalue weighted by Gasteiger charge is -2.36. The molecule has 2 N–H and O–H groups in total. The summed E-state index contributed by atoms with van der Waals surface area (Å²) in [6, 6.07) is 0.734. The van der Waals surface area contributed by atoms with Crippen LogP contribution in [0.4, 0.5) is 13.2 Å². The lowest BCUT2D eigenvalue weighted by molar-refractivity contribution is -0.136. The predicted octanol–water partition coefficient (Wildman–Crippen LogP) is 3.31. The van der Waals surface area contributed by atoms with E-state index in [2.05, 4.69) is 11.8 Å². The van der Waals surface area contributed by atoms with Gasteiger partial charge in [0, 0.05) is 18.5 Å². The van der Waals surface area contributed by atoms with Crippen LogP contribution in [0.2, 0.25) is 0 Å². The van der Waals surface area contributed by atoms with Gasteiger partial charge in [0.25, 0.3) is 0 Å². The summed E-state index contributed by atoms with van der Waals surface area (Å²) in [6.45, 7) is 3.54. The third-order valence-corrected chi connectivity index (χ3v) is 3.67. The number of nitrogens with two attached hydrogens (primary N) is 1. The molecule has 1 saturated carbocycles. The van der Waals surface area contributed by atoms with Crippen molar-refractivity contribution in [2.75, 3.05) is 13.1 Å². The fourth-order valence-corrected chi connectivity index (χ4v) is 2.71. The lowest BCUT2D eigenvalue weighted by Crippen LogP contribution is -2.41. The fraction of sp³-hybridized carbons (Fsp3) is 1.00. The normalized spacial score (nSPS) is 25.7. The first-order valence-corrected chi connectivity index (χ1v) is 6.98. The van der Waals surface area contributed by atoms with Crippen molar-refractivity contribution in [1.82, 2.24) is 4.90 Å². The highest BCUT2D eigenvalue weighted by Gasteiger charge is 2.28. The molecule has 2 nitrogen and oxygen atoms in total. The van der Waals surface area contributed by atoms with Crippen LogP contribution in [0.25, 0.3) is 0 Å². The Kier molecular flexibility index (Phi) is 6.43. The molecule has 0 amide bonds. The summed E-state index contributed by atoms with van der Waals surface area (Å²) in [4.78, 5) is 2.23. The van der Waals surface area contributed by atoms with E-state index in [1.54, 1.807) is 0 Å². The lowest BCUT2D eigenvalue weighted by atomic mass is 9.90. The van der Waals surface area contributed by atoms with Gasteiger partial charge in [-0.3, -0.25) is 0 Å². The van der Waals surface area contributed by atoms with Crippen LogP contribution in [0.3, 0.4) is 0 Å². The Hall–Kier alpha value is -0.290. The minimum atomic E-state index is -4.02. The maximum Gasteiger partial charge on any atom is 0.389 e. The van der Waals surface area contributed by atoms with Crippen LogP contribution in [-0.2, 0) is 0 Å². The van der Waals surface area contributed by atoms with E-state index in [1.165, 1.54) is 0 Å². The van der Waals surface area contributed by atoms with Crippen molar-refractivity contribution in [3.63, 3.8) is 0 Å². The zero-order chi connectivity index (χ0) is 13.6. The minimum Gasteiger partial charge on any atom is -0.328 e. The summed E-state index contributed by atoms with van der Waals surface area (Å²) in [6.07, 6.45) is 0.599. The van der Waals surface area contributed by atoms with E-state index in [0.29, 0.717) is 18.6 Å². The van der Waals surface area contributed by atoms with E-state index in [9.17, 15) is 13.2 Å². The zero-order valence-corrected chi connectivity index (χ0v) is 11.2. The first-order chi connectivity index (χ1) is 8.42. The predicted molar refractivity (Wildman–Crippen MR) is 67.4 cm³/mol. The summed E-state index contributed by atoms with van der Waals surface area (Å²) >= 11 is 0. The van der Waals surface area contributed by atoms with Crippen LogP contribution in [0.1, 0.15) is 51.9 Å². The van der Waals surface area contributed by atoms with Crippen LogP contribution >= 0.6 is 0 Å². The van der Waals surface area contributed by atoms with Gasteiger partial charge in [0.15, 0.2) is 0 Å². The van der Waals surface area contributed by atoms with Crippen molar-refractivity contribution in [1.29, 1.82) is 0 Å². The molecule has 0 atom stereocenters. The summed E-state index contributed by atoms with van der Waals surface area (Å²) in [5.41, 5.74) is 5.86. The van der Waals surface area contributed by atoms with Crippen LogP contribution in [0.5, 0.6) is 0 Å². The molecule has 18 heavy (non-hydrogen) atoms. The number of nitrogens with zero attached hydrogens (tertiary/aromatic N) is 1. The Morgan fingerprint density at radius 1 is 1.11 bits per heavy atom. The van der Waals surface area contributed by atoms with Crippen LogP contribution in [0, 0.1) is 0 Å². The van der Waals surface area contributed by atoms with Crippen molar-refractivity contribution < 1.29 is 13.2 Å². The molecular weight excluding hydrogens is 241 g/mol. The number of hydrogen-bond donors (Lipinski definition) is 1. The average molecular weight is 266 g/mol. The SMILES string of the molecule is CCCN(CCCC(F)(F)F)C1CCC(N)CC1. The molecule has 0 aromatic heterocycles. The van der Waals surface area contributed by atoms with Gasteiger partial charge in [-0.2, -0.15) is 13.2 Å². The molecule has 0 saturated heterocycles. The van der Waals surface area contributed by atoms with E-state index in [-0.39, 0.29) is 6.42 Å². The third-order valence-electron chi connectivity index (χ3n) is 3.67. The van der Waals surface area contributed by atoms with Gasteiger partial charge in [-0.1, -0.05) is 6.92 Å². The largest absolute Gasteiger partial charge is 0.389 e. The average Bonchev–Trinajstić information content (AvgIpc) is 2.27. The molecule has 1 aliphatic rings. The Morgan fingerprint density at radius 2 is 1.72 bits per heavy atom. The van der Waals surface area contributed by atoms with E-state index >= 15 is 0 Å². The monoisotopic (exact) mass is 266 g/mol. The molecule has 108 valence electrons. The standard InChI is InChI=1S/C13H25F3N2/c1-2-9-18(10-3-8-13(14,15)16)12-6-4-11(17)5-7-12/h11-12H,2-10,17H2,1H3. The van der Waals surface area contributed by atoms with Crippen LogP contribution in [-0.4, -0.2) is 36.2 Å². The van der Waals surface area contributed by atoms with Gasteiger partial charge < -0.3 is 10.6 Å². The highest BCUT2D eigenvalue weighted by Crippen LogP contribution is 2.25. The molecule has 0 heterocycles. The van der Waals surface area contributed by atoms with Gasteiger partial charge in [-0.15, -0.1) is 0 Å². The summed E-state index contributed by atoms with van der Waals surface area (Å²) in [5.74, 6) is 0. The van der Waals surface area contributed by atoms with Gasteiger partial charge in [0.1, 0.15) is 0 Å². The fourth-order valence-electron chi connectivity index (χ4n) is 2.71. The molecule has 0 aliphatic heterocycles. The Balaban J connectivity index is 2.34. The number of alkyl halides is 3. The molecule has 1 fully saturated rings. The number of halogens is 3. The summed E-state index contributed by atoms with van der Waals surface area (Å²) < 4.78 is 36.5. The van der Waals surface area contributed by atoms with Gasteiger partial charge in [-0.25, -0.2) is 0 Å². The van der Waals surface area contributed by atoms with E-state index in [4.69, 9.17) is 5.73 Å². The molecular formula is C13H25F3N2. The molecule has 0 spiro atoms. The smallest absolute Gasteiger partial charge is 0.328 e. The second-order valence-corrected chi connectivity index (χ2v) is 5.32. The summed E-state index contributed by atoms with van der Waals surface area (Å²) in [7, 11) is 0. The Morgan fingerprint density at radius 3 is 2.22 bits per heavy atom. The molecule has 0 aromatic rings.